The Morgan fingerprint density at radius 3 is 2.80 bits per heavy atom. The third-order valence-corrected chi connectivity index (χ3v) is 3.70. The molecule has 20 heavy (non-hydrogen) atoms. The molecule has 0 saturated heterocycles. The van der Waals surface area contributed by atoms with Crippen LogP contribution in [0.1, 0.15) is 25.6 Å². The van der Waals surface area contributed by atoms with Crippen LogP contribution in [0.2, 0.25) is 0 Å². The van der Waals surface area contributed by atoms with Gasteiger partial charge in [0.15, 0.2) is 0 Å². The standard InChI is InChI=1S/C14H20N4OS/c1-14(2,3)18-9-11(8-15-18)16-13(19)17(4)10-12-6-5-7-20-12/h5-9H,10H2,1-4H3,(H,16,19). The van der Waals surface area contributed by atoms with Gasteiger partial charge in [-0.3, -0.25) is 4.68 Å². The van der Waals surface area contributed by atoms with E-state index in [2.05, 4.69) is 31.2 Å². The average molecular weight is 292 g/mol. The van der Waals surface area contributed by atoms with Crippen molar-refractivity contribution < 1.29 is 4.79 Å². The molecule has 0 fully saturated rings. The topological polar surface area (TPSA) is 50.2 Å². The number of thiophene rings is 1. The highest BCUT2D eigenvalue weighted by Crippen LogP contribution is 2.16. The van der Waals surface area contributed by atoms with Crippen LogP contribution in [0.25, 0.3) is 0 Å². The monoisotopic (exact) mass is 292 g/mol. The van der Waals surface area contributed by atoms with Crippen molar-refractivity contribution in [2.75, 3.05) is 12.4 Å². The van der Waals surface area contributed by atoms with Crippen LogP contribution in [0.4, 0.5) is 10.5 Å². The Morgan fingerprint density at radius 1 is 1.50 bits per heavy atom. The summed E-state index contributed by atoms with van der Waals surface area (Å²) in [5.74, 6) is 0. The Hall–Kier alpha value is -1.82. The first kappa shape index (κ1) is 14.6. The maximum atomic E-state index is 12.1. The lowest BCUT2D eigenvalue weighted by molar-refractivity contribution is 0.221. The highest BCUT2D eigenvalue weighted by Gasteiger charge is 2.16. The average Bonchev–Trinajstić information content (AvgIpc) is 2.98. The minimum absolute atomic E-state index is 0.0914. The molecular weight excluding hydrogens is 272 g/mol. The quantitative estimate of drug-likeness (QED) is 0.943. The van der Waals surface area contributed by atoms with E-state index < -0.39 is 0 Å². The van der Waals surface area contributed by atoms with E-state index >= 15 is 0 Å². The summed E-state index contributed by atoms with van der Waals surface area (Å²) in [6.45, 7) is 6.80. The molecule has 1 N–H and O–H groups in total. The van der Waals surface area contributed by atoms with Crippen molar-refractivity contribution in [2.24, 2.45) is 0 Å². The summed E-state index contributed by atoms with van der Waals surface area (Å²) in [5.41, 5.74) is 0.620. The number of amides is 2. The Balaban J connectivity index is 1.95. The lowest BCUT2D eigenvalue weighted by Crippen LogP contribution is -2.30. The van der Waals surface area contributed by atoms with Gasteiger partial charge in [-0.15, -0.1) is 11.3 Å². The van der Waals surface area contributed by atoms with Crippen molar-refractivity contribution in [3.05, 3.63) is 34.8 Å². The number of carbonyl (C=O) groups is 1. The first-order valence-corrected chi connectivity index (χ1v) is 7.34. The SMILES string of the molecule is CN(Cc1cccs1)C(=O)Nc1cnn(C(C)(C)C)c1. The van der Waals surface area contributed by atoms with E-state index in [1.165, 1.54) is 0 Å². The van der Waals surface area contributed by atoms with Crippen molar-refractivity contribution in [3.63, 3.8) is 0 Å². The fraction of sp³-hybridized carbons (Fsp3) is 0.429. The second-order valence-electron chi connectivity index (χ2n) is 5.71. The lowest BCUT2D eigenvalue weighted by Gasteiger charge is -2.19. The molecule has 0 aromatic carbocycles. The van der Waals surface area contributed by atoms with E-state index in [1.54, 1.807) is 29.5 Å². The molecule has 0 unspecified atom stereocenters. The molecule has 2 rings (SSSR count). The molecule has 2 heterocycles. The van der Waals surface area contributed by atoms with Gasteiger partial charge in [0, 0.05) is 18.1 Å². The van der Waals surface area contributed by atoms with Crippen molar-refractivity contribution >= 4 is 23.1 Å². The fourth-order valence-corrected chi connectivity index (χ4v) is 2.44. The predicted octanol–water partition coefficient (Wildman–Crippen LogP) is 3.36. The van der Waals surface area contributed by atoms with Crippen LogP contribution in [-0.2, 0) is 12.1 Å². The molecule has 108 valence electrons. The molecule has 0 aliphatic rings. The zero-order chi connectivity index (χ0) is 14.8. The summed E-state index contributed by atoms with van der Waals surface area (Å²) < 4.78 is 1.84. The van der Waals surface area contributed by atoms with Crippen molar-refractivity contribution in [1.29, 1.82) is 0 Å². The zero-order valence-electron chi connectivity index (χ0n) is 12.3. The Kier molecular flexibility index (Phi) is 4.13. The molecule has 2 amide bonds. The fourth-order valence-electron chi connectivity index (χ4n) is 1.68. The van der Waals surface area contributed by atoms with Gasteiger partial charge in [-0.05, 0) is 32.2 Å². The van der Waals surface area contributed by atoms with E-state index in [-0.39, 0.29) is 11.6 Å². The molecule has 6 heteroatoms. The number of rotatable bonds is 3. The number of nitrogens with zero attached hydrogens (tertiary/aromatic N) is 3. The summed E-state index contributed by atoms with van der Waals surface area (Å²) in [4.78, 5) is 14.9. The van der Waals surface area contributed by atoms with Crippen LogP contribution < -0.4 is 5.32 Å². The van der Waals surface area contributed by atoms with Crippen LogP contribution in [0.15, 0.2) is 29.9 Å². The van der Waals surface area contributed by atoms with Gasteiger partial charge in [-0.25, -0.2) is 4.79 Å². The molecule has 0 spiro atoms. The molecule has 2 aromatic rings. The van der Waals surface area contributed by atoms with Crippen LogP contribution >= 0.6 is 11.3 Å². The summed E-state index contributed by atoms with van der Waals surface area (Å²) in [5, 5.41) is 9.12. The largest absolute Gasteiger partial charge is 0.322 e. The molecular formula is C14H20N4OS. The second-order valence-corrected chi connectivity index (χ2v) is 6.74. The molecule has 2 aromatic heterocycles. The number of hydrogen-bond acceptors (Lipinski definition) is 3. The van der Waals surface area contributed by atoms with E-state index in [4.69, 9.17) is 0 Å². The van der Waals surface area contributed by atoms with E-state index in [9.17, 15) is 4.79 Å². The van der Waals surface area contributed by atoms with Gasteiger partial charge in [0.2, 0.25) is 0 Å². The highest BCUT2D eigenvalue weighted by molar-refractivity contribution is 7.09. The number of urea groups is 1. The maximum absolute atomic E-state index is 12.1. The van der Waals surface area contributed by atoms with E-state index in [0.29, 0.717) is 12.2 Å². The number of carbonyl (C=O) groups excluding carboxylic acids is 1. The Morgan fingerprint density at radius 2 is 2.25 bits per heavy atom. The number of hydrogen-bond donors (Lipinski definition) is 1. The zero-order valence-corrected chi connectivity index (χ0v) is 13.1. The van der Waals surface area contributed by atoms with Gasteiger partial charge in [0.1, 0.15) is 0 Å². The number of nitrogens with one attached hydrogen (secondary N) is 1. The van der Waals surface area contributed by atoms with Crippen molar-refractivity contribution in [3.8, 4) is 0 Å². The molecule has 0 aliphatic carbocycles. The minimum Gasteiger partial charge on any atom is -0.322 e. The molecule has 0 aliphatic heterocycles. The first-order chi connectivity index (χ1) is 9.36. The molecule has 5 nitrogen and oxygen atoms in total. The second kappa shape index (κ2) is 5.66. The van der Waals surface area contributed by atoms with Crippen LogP contribution in [-0.4, -0.2) is 27.8 Å². The molecule has 0 bridgehead atoms. The molecule has 0 radical (unpaired) electrons. The van der Waals surface area contributed by atoms with Gasteiger partial charge in [-0.1, -0.05) is 6.07 Å². The van der Waals surface area contributed by atoms with Crippen LogP contribution in [0.3, 0.4) is 0 Å². The summed E-state index contributed by atoms with van der Waals surface area (Å²) in [7, 11) is 1.78. The van der Waals surface area contributed by atoms with E-state index in [1.807, 2.05) is 28.4 Å². The van der Waals surface area contributed by atoms with Gasteiger partial charge < -0.3 is 10.2 Å². The third kappa shape index (κ3) is 3.60. The minimum atomic E-state index is -0.133. The van der Waals surface area contributed by atoms with Gasteiger partial charge in [-0.2, -0.15) is 5.10 Å². The van der Waals surface area contributed by atoms with Crippen LogP contribution in [0, 0.1) is 0 Å². The Labute approximate surface area is 123 Å². The maximum Gasteiger partial charge on any atom is 0.322 e. The summed E-state index contributed by atoms with van der Waals surface area (Å²) in [6, 6.07) is 3.87. The smallest absolute Gasteiger partial charge is 0.322 e. The Bertz CT molecular complexity index is 568. The lowest BCUT2D eigenvalue weighted by atomic mass is 10.1. The highest BCUT2D eigenvalue weighted by atomic mass is 32.1. The van der Waals surface area contributed by atoms with Gasteiger partial charge in [0.25, 0.3) is 0 Å². The van der Waals surface area contributed by atoms with Crippen LogP contribution in [0.5, 0.6) is 0 Å². The normalized spacial score (nSPS) is 11.4. The van der Waals surface area contributed by atoms with Crippen molar-refractivity contribution in [2.45, 2.75) is 32.9 Å². The first-order valence-electron chi connectivity index (χ1n) is 6.46. The van der Waals surface area contributed by atoms with Gasteiger partial charge >= 0.3 is 6.03 Å². The van der Waals surface area contributed by atoms with Crippen molar-refractivity contribution in [1.82, 2.24) is 14.7 Å². The number of aromatic nitrogens is 2. The molecule has 0 saturated carbocycles. The summed E-state index contributed by atoms with van der Waals surface area (Å²) in [6.07, 6.45) is 3.51. The number of anilines is 1. The summed E-state index contributed by atoms with van der Waals surface area (Å²) >= 11 is 1.64. The van der Waals surface area contributed by atoms with Gasteiger partial charge in [0.05, 0.1) is 24.0 Å². The molecule has 0 atom stereocenters. The predicted molar refractivity (Wildman–Crippen MR) is 82.0 cm³/mol. The van der Waals surface area contributed by atoms with E-state index in [0.717, 1.165) is 4.88 Å². The third-order valence-electron chi connectivity index (χ3n) is 2.84.